The van der Waals surface area contributed by atoms with Crippen LogP contribution in [0.5, 0.6) is 0 Å². The van der Waals surface area contributed by atoms with E-state index in [1.165, 1.54) is 14.1 Å². The van der Waals surface area contributed by atoms with E-state index in [4.69, 9.17) is 4.74 Å². The first-order valence-corrected chi connectivity index (χ1v) is 9.37. The van der Waals surface area contributed by atoms with E-state index in [1.54, 1.807) is 18.3 Å². The van der Waals surface area contributed by atoms with Crippen LogP contribution in [0, 0.1) is 0 Å². The van der Waals surface area contributed by atoms with Crippen molar-refractivity contribution < 1.29 is 13.2 Å². The smallest absolute Gasteiger partial charge is 0.330 e. The Bertz CT molecular complexity index is 1040. The first-order chi connectivity index (χ1) is 12.3. The highest BCUT2D eigenvalue weighted by Crippen LogP contribution is 2.25. The second kappa shape index (κ2) is 6.92. The van der Waals surface area contributed by atoms with Gasteiger partial charge in [0.25, 0.3) is 15.6 Å². The monoisotopic (exact) mass is 381 g/mol. The summed E-state index contributed by atoms with van der Waals surface area (Å²) >= 11 is 0. The van der Waals surface area contributed by atoms with Crippen LogP contribution >= 0.6 is 0 Å². The van der Waals surface area contributed by atoms with Gasteiger partial charge in [-0.1, -0.05) is 0 Å². The summed E-state index contributed by atoms with van der Waals surface area (Å²) in [6.07, 6.45) is 2.58. The number of aryl methyl sites for hydroxylation is 1. The highest BCUT2D eigenvalue weighted by Gasteiger charge is 2.24. The van der Waals surface area contributed by atoms with Gasteiger partial charge in [-0.15, -0.1) is 0 Å². The molecule has 2 aromatic rings. The van der Waals surface area contributed by atoms with Crippen LogP contribution in [-0.4, -0.2) is 48.8 Å². The third kappa shape index (κ3) is 3.35. The number of pyridine rings is 1. The Kier molecular flexibility index (Phi) is 4.83. The van der Waals surface area contributed by atoms with Crippen molar-refractivity contribution in [2.75, 3.05) is 35.9 Å². The molecule has 140 valence electrons. The lowest BCUT2D eigenvalue weighted by Gasteiger charge is -2.29. The summed E-state index contributed by atoms with van der Waals surface area (Å²) in [6.45, 7) is 2.19. The molecule has 3 rings (SSSR count). The molecule has 0 saturated carbocycles. The summed E-state index contributed by atoms with van der Waals surface area (Å²) in [4.78, 5) is 29.7. The van der Waals surface area contributed by atoms with E-state index in [0.29, 0.717) is 32.1 Å². The predicted molar refractivity (Wildman–Crippen MR) is 95.0 cm³/mol. The van der Waals surface area contributed by atoms with Crippen molar-refractivity contribution in [3.05, 3.63) is 45.4 Å². The van der Waals surface area contributed by atoms with Gasteiger partial charge in [-0.2, -0.15) is 0 Å². The van der Waals surface area contributed by atoms with Crippen molar-refractivity contribution in [3.63, 3.8) is 0 Å². The van der Waals surface area contributed by atoms with Crippen LogP contribution in [0.3, 0.4) is 0 Å². The number of sulfonamides is 1. The number of anilines is 2. The number of nitrogens with zero attached hydrogens (tertiary/aromatic N) is 4. The molecule has 3 heterocycles. The molecule has 0 unspecified atom stereocenters. The van der Waals surface area contributed by atoms with Crippen molar-refractivity contribution in [1.82, 2.24) is 14.1 Å². The fraction of sp³-hybridized carbons (Fsp3) is 0.400. The number of nitrogens with one attached hydrogen (secondary N) is 1. The Morgan fingerprint density at radius 1 is 1.19 bits per heavy atom. The van der Waals surface area contributed by atoms with E-state index in [0.717, 1.165) is 15.3 Å². The molecule has 0 amide bonds. The molecule has 26 heavy (non-hydrogen) atoms. The number of aromatic nitrogens is 3. The molecule has 2 aromatic heterocycles. The second-order valence-electron chi connectivity index (χ2n) is 5.83. The number of hydrogen-bond acceptors (Lipinski definition) is 7. The zero-order valence-electron chi connectivity index (χ0n) is 14.4. The molecular formula is C15H19N5O5S. The lowest BCUT2D eigenvalue weighted by Crippen LogP contribution is -2.40. The average molecular weight is 381 g/mol. The van der Waals surface area contributed by atoms with E-state index in [-0.39, 0.29) is 5.69 Å². The fourth-order valence-corrected chi connectivity index (χ4v) is 3.89. The van der Waals surface area contributed by atoms with Crippen LogP contribution < -0.4 is 20.9 Å². The zero-order valence-corrected chi connectivity index (χ0v) is 15.2. The highest BCUT2D eigenvalue weighted by molar-refractivity contribution is 7.92. The van der Waals surface area contributed by atoms with Gasteiger partial charge in [-0.25, -0.2) is 18.2 Å². The van der Waals surface area contributed by atoms with Gasteiger partial charge >= 0.3 is 5.69 Å². The van der Waals surface area contributed by atoms with E-state index < -0.39 is 26.2 Å². The highest BCUT2D eigenvalue weighted by atomic mass is 32.2. The second-order valence-corrected chi connectivity index (χ2v) is 7.48. The zero-order chi connectivity index (χ0) is 18.9. The normalized spacial score (nSPS) is 15.1. The fourth-order valence-electron chi connectivity index (χ4n) is 2.66. The quantitative estimate of drug-likeness (QED) is 0.731. The molecule has 0 radical (unpaired) electrons. The molecule has 1 aliphatic heterocycles. The van der Waals surface area contributed by atoms with Crippen molar-refractivity contribution in [3.8, 4) is 0 Å². The molecule has 0 bridgehead atoms. The summed E-state index contributed by atoms with van der Waals surface area (Å²) in [5, 5.41) is 0. The van der Waals surface area contributed by atoms with Gasteiger partial charge in [-0.05, 0) is 12.1 Å². The molecular weight excluding hydrogens is 362 g/mol. The van der Waals surface area contributed by atoms with Gasteiger partial charge in [0.15, 0.2) is 10.7 Å². The van der Waals surface area contributed by atoms with E-state index in [2.05, 4.69) is 9.71 Å². The van der Waals surface area contributed by atoms with Gasteiger partial charge in [0.2, 0.25) is 0 Å². The SMILES string of the molecule is Cn1cc(S(=O)(=O)Nc2cccnc2N2CCOCC2)c(=O)n(C)c1=O. The van der Waals surface area contributed by atoms with Gasteiger partial charge in [0.1, 0.15) is 0 Å². The first-order valence-electron chi connectivity index (χ1n) is 7.88. The summed E-state index contributed by atoms with van der Waals surface area (Å²) in [5.74, 6) is 0.459. The van der Waals surface area contributed by atoms with Crippen molar-refractivity contribution in [1.29, 1.82) is 0 Å². The molecule has 1 fully saturated rings. The van der Waals surface area contributed by atoms with E-state index >= 15 is 0 Å². The molecule has 0 aromatic carbocycles. The van der Waals surface area contributed by atoms with Crippen LogP contribution in [0.2, 0.25) is 0 Å². The summed E-state index contributed by atoms with van der Waals surface area (Å²) in [5.41, 5.74) is -1.24. The van der Waals surface area contributed by atoms with Crippen LogP contribution in [-0.2, 0) is 28.9 Å². The molecule has 10 nitrogen and oxygen atoms in total. The maximum Gasteiger partial charge on any atom is 0.330 e. The molecule has 1 saturated heterocycles. The van der Waals surface area contributed by atoms with Gasteiger partial charge in [0.05, 0.1) is 18.9 Å². The Labute approximate surface area is 149 Å². The summed E-state index contributed by atoms with van der Waals surface area (Å²) in [7, 11) is -1.60. The lowest BCUT2D eigenvalue weighted by molar-refractivity contribution is 0.122. The molecule has 0 spiro atoms. The lowest BCUT2D eigenvalue weighted by atomic mass is 10.3. The van der Waals surface area contributed by atoms with Crippen molar-refractivity contribution >= 4 is 21.5 Å². The van der Waals surface area contributed by atoms with Crippen LogP contribution in [0.1, 0.15) is 0 Å². The largest absolute Gasteiger partial charge is 0.378 e. The minimum absolute atomic E-state index is 0.255. The minimum Gasteiger partial charge on any atom is -0.378 e. The van der Waals surface area contributed by atoms with Crippen molar-refractivity contribution in [2.45, 2.75) is 4.90 Å². The molecule has 11 heteroatoms. The Morgan fingerprint density at radius 2 is 1.88 bits per heavy atom. The van der Waals surface area contributed by atoms with Gasteiger partial charge in [-0.3, -0.25) is 14.1 Å². The van der Waals surface area contributed by atoms with E-state index in [9.17, 15) is 18.0 Å². The van der Waals surface area contributed by atoms with Crippen LogP contribution in [0.15, 0.2) is 39.0 Å². The number of morpholine rings is 1. The molecule has 0 aliphatic carbocycles. The van der Waals surface area contributed by atoms with Gasteiger partial charge in [0, 0.05) is 39.6 Å². The number of hydrogen-bond donors (Lipinski definition) is 1. The van der Waals surface area contributed by atoms with Crippen LogP contribution in [0.4, 0.5) is 11.5 Å². The summed E-state index contributed by atoms with van der Waals surface area (Å²) in [6, 6.07) is 3.17. The number of ether oxygens (including phenoxy) is 1. The number of rotatable bonds is 4. The van der Waals surface area contributed by atoms with E-state index in [1.807, 2.05) is 4.90 Å². The average Bonchev–Trinajstić information content (AvgIpc) is 2.63. The first kappa shape index (κ1) is 18.1. The Morgan fingerprint density at radius 3 is 2.58 bits per heavy atom. The maximum atomic E-state index is 12.8. The topological polar surface area (TPSA) is 116 Å². The summed E-state index contributed by atoms with van der Waals surface area (Å²) < 4.78 is 35.0. The minimum atomic E-state index is -4.21. The van der Waals surface area contributed by atoms with Gasteiger partial charge < -0.3 is 14.2 Å². The Hall–Kier alpha value is -2.66. The molecule has 1 N–H and O–H groups in total. The Balaban J connectivity index is 2.02. The molecule has 0 atom stereocenters. The molecule has 1 aliphatic rings. The van der Waals surface area contributed by atoms with Crippen molar-refractivity contribution in [2.24, 2.45) is 14.1 Å². The standard InChI is InChI=1S/C15H19N5O5S/c1-18-10-12(14(21)19(2)15(18)22)26(23,24)17-11-4-3-5-16-13(11)20-6-8-25-9-7-20/h3-5,10,17H,6-9H2,1-2H3. The predicted octanol–water partition coefficient (Wildman–Crippen LogP) is -0.884. The van der Waals surface area contributed by atoms with Crippen LogP contribution in [0.25, 0.3) is 0 Å². The third-order valence-corrected chi connectivity index (χ3v) is 5.39. The maximum absolute atomic E-state index is 12.8. The third-order valence-electron chi connectivity index (χ3n) is 4.05.